The summed E-state index contributed by atoms with van der Waals surface area (Å²) in [5, 5.41) is 5.58. The molecule has 0 unspecified atom stereocenters. The van der Waals surface area contributed by atoms with Crippen LogP contribution in [0.5, 0.6) is 0 Å². The van der Waals surface area contributed by atoms with Crippen LogP contribution in [0.3, 0.4) is 0 Å². The maximum Gasteiger partial charge on any atom is 0.248 e. The van der Waals surface area contributed by atoms with E-state index in [0.29, 0.717) is 23.6 Å². The Balaban J connectivity index is 1.99. The molecule has 0 saturated carbocycles. The van der Waals surface area contributed by atoms with Gasteiger partial charge in [-0.05, 0) is 36.8 Å². The number of carbonyl (C=O) groups excluding carboxylic acids is 2. The Kier molecular flexibility index (Phi) is 6.17. The van der Waals surface area contributed by atoms with Crippen molar-refractivity contribution in [2.24, 2.45) is 0 Å². The van der Waals surface area contributed by atoms with E-state index >= 15 is 0 Å². The number of para-hydroxylation sites is 2. The smallest absolute Gasteiger partial charge is 0.248 e. The van der Waals surface area contributed by atoms with Crippen LogP contribution >= 0.6 is 0 Å². The van der Waals surface area contributed by atoms with E-state index in [0.717, 1.165) is 12.8 Å². The van der Waals surface area contributed by atoms with Crippen LogP contribution in [0.1, 0.15) is 31.9 Å². The zero-order valence-electron chi connectivity index (χ0n) is 13.0. The molecule has 1 heterocycles. The van der Waals surface area contributed by atoms with E-state index < -0.39 is 0 Å². The van der Waals surface area contributed by atoms with Crippen LogP contribution in [0, 0.1) is 0 Å². The van der Waals surface area contributed by atoms with Gasteiger partial charge in [0, 0.05) is 12.5 Å². The molecule has 2 aromatic rings. The summed E-state index contributed by atoms with van der Waals surface area (Å²) >= 11 is 0. The van der Waals surface area contributed by atoms with Crippen molar-refractivity contribution in [3.05, 3.63) is 54.5 Å². The molecular formula is C18H20N2O3. The molecule has 0 fully saturated rings. The van der Waals surface area contributed by atoms with Gasteiger partial charge in [-0.3, -0.25) is 9.59 Å². The zero-order chi connectivity index (χ0) is 16.5. The van der Waals surface area contributed by atoms with Crippen LogP contribution in [-0.2, 0) is 9.59 Å². The number of amides is 2. The Morgan fingerprint density at radius 2 is 1.83 bits per heavy atom. The van der Waals surface area contributed by atoms with Crippen LogP contribution in [0.25, 0.3) is 6.08 Å². The lowest BCUT2D eigenvalue weighted by atomic mass is 10.2. The number of rotatable bonds is 7. The van der Waals surface area contributed by atoms with Gasteiger partial charge in [-0.1, -0.05) is 25.5 Å². The second kappa shape index (κ2) is 8.58. The maximum atomic E-state index is 12.0. The predicted octanol–water partition coefficient (Wildman–Crippen LogP) is 4.06. The van der Waals surface area contributed by atoms with Gasteiger partial charge in [0.2, 0.25) is 11.8 Å². The average Bonchev–Trinajstić information content (AvgIpc) is 3.06. The molecule has 2 N–H and O–H groups in total. The molecule has 2 rings (SSSR count). The summed E-state index contributed by atoms with van der Waals surface area (Å²) in [6.07, 6.45) is 6.78. The second-order valence-electron chi connectivity index (χ2n) is 5.04. The first kappa shape index (κ1) is 16.5. The molecule has 5 heteroatoms. The van der Waals surface area contributed by atoms with Gasteiger partial charge in [0.05, 0.1) is 17.6 Å². The molecule has 2 amide bonds. The van der Waals surface area contributed by atoms with Crippen molar-refractivity contribution in [2.45, 2.75) is 26.2 Å². The molecule has 0 bridgehead atoms. The highest BCUT2D eigenvalue weighted by atomic mass is 16.3. The highest BCUT2D eigenvalue weighted by Crippen LogP contribution is 2.21. The zero-order valence-corrected chi connectivity index (χ0v) is 13.0. The number of hydrogen-bond acceptors (Lipinski definition) is 3. The standard InChI is InChI=1S/C18H20N2O3/c1-2-3-10-17(21)19-15-8-4-5-9-16(15)20-18(22)12-11-14-7-6-13-23-14/h4-9,11-13H,2-3,10H2,1H3,(H,19,21)(H,20,22)/b12-11+. The number of hydrogen-bond donors (Lipinski definition) is 2. The fraction of sp³-hybridized carbons (Fsp3) is 0.222. The number of unbranched alkanes of at least 4 members (excludes halogenated alkanes) is 1. The SMILES string of the molecule is CCCCC(=O)Nc1ccccc1NC(=O)/C=C/c1ccco1. The monoisotopic (exact) mass is 312 g/mol. The topological polar surface area (TPSA) is 71.3 Å². The Morgan fingerprint density at radius 3 is 2.48 bits per heavy atom. The van der Waals surface area contributed by atoms with Gasteiger partial charge >= 0.3 is 0 Å². The van der Waals surface area contributed by atoms with Crippen molar-refractivity contribution in [3.8, 4) is 0 Å². The molecule has 0 aliphatic carbocycles. The summed E-state index contributed by atoms with van der Waals surface area (Å²) in [5.41, 5.74) is 1.15. The van der Waals surface area contributed by atoms with E-state index in [1.165, 1.54) is 6.08 Å². The Labute approximate surface area is 135 Å². The molecule has 0 aliphatic rings. The summed E-state index contributed by atoms with van der Waals surface area (Å²) in [6.45, 7) is 2.03. The minimum Gasteiger partial charge on any atom is -0.465 e. The highest BCUT2D eigenvalue weighted by molar-refractivity contribution is 6.05. The van der Waals surface area contributed by atoms with Crippen molar-refractivity contribution in [1.29, 1.82) is 0 Å². The molecule has 1 aromatic carbocycles. The minimum absolute atomic E-state index is 0.0559. The molecule has 1 aromatic heterocycles. The number of nitrogens with one attached hydrogen (secondary N) is 2. The molecule has 0 saturated heterocycles. The van der Waals surface area contributed by atoms with Gasteiger partial charge in [0.25, 0.3) is 0 Å². The predicted molar refractivity (Wildman–Crippen MR) is 91.0 cm³/mol. The first-order valence-electron chi connectivity index (χ1n) is 7.60. The van der Waals surface area contributed by atoms with Gasteiger partial charge in [-0.25, -0.2) is 0 Å². The normalized spacial score (nSPS) is 10.7. The summed E-state index contributed by atoms with van der Waals surface area (Å²) in [7, 11) is 0. The number of benzene rings is 1. The molecule has 5 nitrogen and oxygen atoms in total. The molecule has 0 atom stereocenters. The molecule has 0 spiro atoms. The minimum atomic E-state index is -0.295. The third-order valence-corrected chi connectivity index (χ3v) is 3.16. The summed E-state index contributed by atoms with van der Waals surface area (Å²) in [4.78, 5) is 23.8. The van der Waals surface area contributed by atoms with Crippen molar-refractivity contribution in [2.75, 3.05) is 10.6 Å². The summed E-state index contributed by atoms with van der Waals surface area (Å²) < 4.78 is 5.12. The Morgan fingerprint density at radius 1 is 1.09 bits per heavy atom. The van der Waals surface area contributed by atoms with Crippen LogP contribution < -0.4 is 10.6 Å². The lowest BCUT2D eigenvalue weighted by Gasteiger charge is -2.11. The maximum absolute atomic E-state index is 12.0. The van der Waals surface area contributed by atoms with E-state index in [9.17, 15) is 9.59 Å². The van der Waals surface area contributed by atoms with Gasteiger partial charge in [-0.15, -0.1) is 0 Å². The molecule has 0 aliphatic heterocycles. The molecule has 0 radical (unpaired) electrons. The summed E-state index contributed by atoms with van der Waals surface area (Å²) in [5.74, 6) is 0.248. The number of anilines is 2. The molecule has 120 valence electrons. The second-order valence-corrected chi connectivity index (χ2v) is 5.04. The van der Waals surface area contributed by atoms with E-state index in [1.54, 1.807) is 42.7 Å². The first-order valence-corrected chi connectivity index (χ1v) is 7.60. The van der Waals surface area contributed by atoms with Gasteiger partial charge in [0.1, 0.15) is 5.76 Å². The summed E-state index contributed by atoms with van der Waals surface area (Å²) in [6, 6.07) is 10.6. The van der Waals surface area contributed by atoms with Crippen molar-refractivity contribution in [3.63, 3.8) is 0 Å². The van der Waals surface area contributed by atoms with Crippen LogP contribution in [0.4, 0.5) is 11.4 Å². The largest absolute Gasteiger partial charge is 0.465 e. The number of carbonyl (C=O) groups is 2. The van der Waals surface area contributed by atoms with E-state index in [4.69, 9.17) is 4.42 Å². The third-order valence-electron chi connectivity index (χ3n) is 3.16. The van der Waals surface area contributed by atoms with Crippen LogP contribution in [0.2, 0.25) is 0 Å². The fourth-order valence-corrected chi connectivity index (χ4v) is 1.97. The lowest BCUT2D eigenvalue weighted by Crippen LogP contribution is -2.15. The highest BCUT2D eigenvalue weighted by Gasteiger charge is 2.07. The fourth-order valence-electron chi connectivity index (χ4n) is 1.97. The van der Waals surface area contributed by atoms with Gasteiger partial charge in [-0.2, -0.15) is 0 Å². The van der Waals surface area contributed by atoms with Crippen LogP contribution in [-0.4, -0.2) is 11.8 Å². The first-order chi connectivity index (χ1) is 11.2. The average molecular weight is 312 g/mol. The quantitative estimate of drug-likeness (QED) is 0.757. The van der Waals surface area contributed by atoms with Crippen molar-refractivity contribution >= 4 is 29.3 Å². The third kappa shape index (κ3) is 5.47. The Bertz CT molecular complexity index is 675. The van der Waals surface area contributed by atoms with Crippen LogP contribution in [0.15, 0.2) is 53.2 Å². The number of furan rings is 1. The van der Waals surface area contributed by atoms with E-state index in [-0.39, 0.29) is 11.8 Å². The molecule has 23 heavy (non-hydrogen) atoms. The Hall–Kier alpha value is -2.82. The van der Waals surface area contributed by atoms with E-state index in [1.807, 2.05) is 13.0 Å². The molecular weight excluding hydrogens is 292 g/mol. The van der Waals surface area contributed by atoms with E-state index in [2.05, 4.69) is 10.6 Å². The van der Waals surface area contributed by atoms with Gasteiger partial charge < -0.3 is 15.1 Å². The lowest BCUT2D eigenvalue weighted by molar-refractivity contribution is -0.116. The van der Waals surface area contributed by atoms with Crippen molar-refractivity contribution < 1.29 is 14.0 Å². The van der Waals surface area contributed by atoms with Gasteiger partial charge in [0.15, 0.2) is 0 Å². The van der Waals surface area contributed by atoms with Crippen molar-refractivity contribution in [1.82, 2.24) is 0 Å².